The molecular formula is C19H13FN4O2S. The fraction of sp³-hybridized carbons (Fsp3) is 0.105. The van der Waals surface area contributed by atoms with Crippen LogP contribution in [0.2, 0.25) is 0 Å². The van der Waals surface area contributed by atoms with Crippen LogP contribution in [0.3, 0.4) is 0 Å². The van der Waals surface area contributed by atoms with Gasteiger partial charge in [0.2, 0.25) is 0 Å². The summed E-state index contributed by atoms with van der Waals surface area (Å²) in [5, 5.41) is 11.8. The maximum absolute atomic E-state index is 13.0. The van der Waals surface area contributed by atoms with Gasteiger partial charge in [-0.15, -0.1) is 0 Å². The highest BCUT2D eigenvalue weighted by Crippen LogP contribution is 2.37. The highest BCUT2D eigenvalue weighted by molar-refractivity contribution is 8.15. The Morgan fingerprint density at radius 1 is 1.22 bits per heavy atom. The van der Waals surface area contributed by atoms with Crippen molar-refractivity contribution in [2.75, 3.05) is 7.11 Å². The van der Waals surface area contributed by atoms with Crippen LogP contribution in [0.4, 0.5) is 4.39 Å². The van der Waals surface area contributed by atoms with Gasteiger partial charge in [-0.25, -0.2) is 19.4 Å². The number of halogens is 1. The molecule has 0 saturated heterocycles. The molecule has 0 radical (unpaired) electrons. The molecule has 0 fully saturated rings. The molecule has 1 unspecified atom stereocenters. The van der Waals surface area contributed by atoms with Crippen LogP contribution in [0.5, 0.6) is 11.5 Å². The molecule has 0 aliphatic carbocycles. The lowest BCUT2D eigenvalue weighted by molar-refractivity contribution is -0.0617. The minimum atomic E-state index is -0.348. The maximum atomic E-state index is 13.0. The second-order valence-electron chi connectivity index (χ2n) is 5.63. The number of ether oxygens (including phenoxy) is 1. The average molecular weight is 380 g/mol. The van der Waals surface area contributed by atoms with Crippen molar-refractivity contribution in [1.29, 1.82) is 5.26 Å². The predicted molar refractivity (Wildman–Crippen MR) is 101 cm³/mol. The number of nitriles is 1. The number of benzene rings is 2. The molecule has 0 aromatic heterocycles. The lowest BCUT2D eigenvalue weighted by Crippen LogP contribution is -2.32. The van der Waals surface area contributed by atoms with E-state index < -0.39 is 0 Å². The molecule has 4 rings (SSSR count). The number of hydrogen-bond acceptors (Lipinski definition) is 7. The highest BCUT2D eigenvalue weighted by Gasteiger charge is 2.32. The molecule has 8 heteroatoms. The molecule has 27 heavy (non-hydrogen) atoms. The monoisotopic (exact) mass is 380 g/mol. The second-order valence-corrected chi connectivity index (χ2v) is 6.70. The first-order valence-corrected chi connectivity index (χ1v) is 8.85. The number of fused-ring (bicyclic) bond motifs is 1. The quantitative estimate of drug-likeness (QED) is 0.800. The van der Waals surface area contributed by atoms with Crippen LogP contribution < -0.4 is 4.74 Å². The fourth-order valence-electron chi connectivity index (χ4n) is 2.62. The number of thioether (sulfide) groups is 1. The molecule has 2 heterocycles. The van der Waals surface area contributed by atoms with Gasteiger partial charge in [0.05, 0.1) is 24.6 Å². The van der Waals surface area contributed by atoms with E-state index in [1.165, 1.54) is 36.0 Å². The van der Waals surface area contributed by atoms with E-state index in [1.54, 1.807) is 36.8 Å². The summed E-state index contributed by atoms with van der Waals surface area (Å²) in [5.74, 6) is 0.506. The molecule has 6 nitrogen and oxygen atoms in total. The van der Waals surface area contributed by atoms with Crippen LogP contribution in [-0.2, 0) is 4.84 Å². The van der Waals surface area contributed by atoms with Gasteiger partial charge < -0.3 is 4.74 Å². The summed E-state index contributed by atoms with van der Waals surface area (Å²) < 4.78 is 18.7. The summed E-state index contributed by atoms with van der Waals surface area (Å²) >= 11 is 1.51. The highest BCUT2D eigenvalue weighted by atomic mass is 32.2. The van der Waals surface area contributed by atoms with Crippen LogP contribution in [-0.4, -0.2) is 28.9 Å². The van der Waals surface area contributed by atoms with Crippen molar-refractivity contribution in [2.45, 2.75) is 5.37 Å². The molecule has 0 amide bonds. The first-order valence-electron chi connectivity index (χ1n) is 7.97. The molecule has 2 aromatic carbocycles. The van der Waals surface area contributed by atoms with Crippen molar-refractivity contribution in [3.8, 4) is 17.6 Å². The summed E-state index contributed by atoms with van der Waals surface area (Å²) in [6, 6.07) is 13.0. The largest absolute Gasteiger partial charge is 0.456 e. The van der Waals surface area contributed by atoms with Crippen molar-refractivity contribution < 1.29 is 14.0 Å². The third-order valence-corrected chi connectivity index (χ3v) is 5.15. The molecule has 1 atom stereocenters. The van der Waals surface area contributed by atoms with Crippen LogP contribution in [0, 0.1) is 17.1 Å². The van der Waals surface area contributed by atoms with Gasteiger partial charge in [-0.3, -0.25) is 4.84 Å². The fourth-order valence-corrected chi connectivity index (χ4v) is 3.73. The van der Waals surface area contributed by atoms with Crippen LogP contribution >= 0.6 is 11.8 Å². The van der Waals surface area contributed by atoms with Gasteiger partial charge in [-0.1, -0.05) is 11.8 Å². The van der Waals surface area contributed by atoms with E-state index in [1.807, 2.05) is 6.07 Å². The molecule has 2 aliphatic heterocycles. The molecule has 2 aromatic rings. The van der Waals surface area contributed by atoms with E-state index in [0.29, 0.717) is 17.1 Å². The number of rotatable bonds is 4. The lowest BCUT2D eigenvalue weighted by atomic mass is 10.1. The predicted octanol–water partition coefficient (Wildman–Crippen LogP) is 4.06. The zero-order chi connectivity index (χ0) is 18.8. The van der Waals surface area contributed by atoms with Gasteiger partial charge in [0, 0.05) is 5.56 Å². The first kappa shape index (κ1) is 17.3. The summed E-state index contributed by atoms with van der Waals surface area (Å²) in [6.07, 6.45) is 3.29. The standard InChI is InChI=1S/C19H13FN4O2S/c1-25-24-11-22-10-16-19(24)27-18(23-16)12-2-7-17(13(8-12)9-21)26-15-5-3-14(20)4-6-15/h2-8,10-11,19H,1H3. The molecular weight excluding hydrogens is 367 g/mol. The van der Waals surface area contributed by atoms with Crippen molar-refractivity contribution in [1.82, 2.24) is 5.06 Å². The molecule has 0 spiro atoms. The summed E-state index contributed by atoms with van der Waals surface area (Å²) in [4.78, 5) is 14.0. The van der Waals surface area contributed by atoms with Gasteiger partial charge in [-0.2, -0.15) is 5.26 Å². The Kier molecular flexibility index (Phi) is 4.62. The van der Waals surface area contributed by atoms with E-state index in [9.17, 15) is 9.65 Å². The third kappa shape index (κ3) is 3.43. The van der Waals surface area contributed by atoms with E-state index in [2.05, 4.69) is 16.1 Å². The summed E-state index contributed by atoms with van der Waals surface area (Å²) in [7, 11) is 1.57. The Balaban J connectivity index is 1.60. The minimum Gasteiger partial charge on any atom is -0.456 e. The Bertz CT molecular complexity index is 1010. The SMILES string of the molecule is CON1C=NC=C2N=C(c3ccc(Oc4ccc(F)cc4)c(C#N)c3)SC21. The van der Waals surface area contributed by atoms with Crippen LogP contribution in [0.25, 0.3) is 0 Å². The Labute approximate surface area is 159 Å². The number of nitrogens with zero attached hydrogens (tertiary/aromatic N) is 4. The van der Waals surface area contributed by atoms with E-state index in [4.69, 9.17) is 9.57 Å². The number of hydrogen-bond donors (Lipinski definition) is 0. The zero-order valence-electron chi connectivity index (χ0n) is 14.2. The number of hydroxylamine groups is 2. The zero-order valence-corrected chi connectivity index (χ0v) is 15.0. The topological polar surface area (TPSA) is 70.2 Å². The van der Waals surface area contributed by atoms with Gasteiger partial charge in [0.1, 0.15) is 34.8 Å². The van der Waals surface area contributed by atoms with Crippen molar-refractivity contribution in [3.63, 3.8) is 0 Å². The molecule has 134 valence electrons. The number of aliphatic imine (C=N–C) groups is 2. The first-order chi connectivity index (χ1) is 13.2. The Morgan fingerprint density at radius 3 is 2.78 bits per heavy atom. The molecule has 0 N–H and O–H groups in total. The maximum Gasteiger partial charge on any atom is 0.152 e. The van der Waals surface area contributed by atoms with E-state index >= 15 is 0 Å². The van der Waals surface area contributed by atoms with Crippen LogP contribution in [0.15, 0.2) is 64.3 Å². The van der Waals surface area contributed by atoms with Crippen molar-refractivity contribution in [2.24, 2.45) is 9.98 Å². The lowest BCUT2D eigenvalue weighted by Gasteiger charge is -2.24. The van der Waals surface area contributed by atoms with Gasteiger partial charge in [0.25, 0.3) is 0 Å². The smallest absolute Gasteiger partial charge is 0.152 e. The van der Waals surface area contributed by atoms with Crippen molar-refractivity contribution >= 4 is 23.1 Å². The minimum absolute atomic E-state index is 0.108. The second kappa shape index (κ2) is 7.23. The van der Waals surface area contributed by atoms with Gasteiger partial charge in [0.15, 0.2) is 5.37 Å². The van der Waals surface area contributed by atoms with E-state index in [0.717, 1.165) is 16.3 Å². The van der Waals surface area contributed by atoms with Gasteiger partial charge in [-0.05, 0) is 42.5 Å². The van der Waals surface area contributed by atoms with Gasteiger partial charge >= 0.3 is 0 Å². The molecule has 0 bridgehead atoms. The normalized spacial score (nSPS) is 17.8. The van der Waals surface area contributed by atoms with E-state index in [-0.39, 0.29) is 11.2 Å². The molecule has 2 aliphatic rings. The Hall–Kier alpha value is -3.15. The summed E-state index contributed by atoms with van der Waals surface area (Å²) in [5.41, 5.74) is 1.95. The average Bonchev–Trinajstić information content (AvgIpc) is 3.14. The summed E-state index contributed by atoms with van der Waals surface area (Å²) in [6.45, 7) is 0. The third-order valence-electron chi connectivity index (χ3n) is 3.92. The van der Waals surface area contributed by atoms with Crippen LogP contribution in [0.1, 0.15) is 11.1 Å². The Morgan fingerprint density at radius 2 is 2.04 bits per heavy atom. The van der Waals surface area contributed by atoms with Crippen molar-refractivity contribution in [3.05, 3.63) is 71.3 Å². The molecule has 0 saturated carbocycles.